The van der Waals surface area contributed by atoms with Crippen LogP contribution in [0, 0.1) is 76.4 Å². The van der Waals surface area contributed by atoms with Crippen LogP contribution in [0.15, 0.2) is 72.1 Å². The van der Waals surface area contributed by atoms with Gasteiger partial charge in [-0.15, -0.1) is 0 Å². The molecule has 0 radical (unpaired) electrons. The zero-order valence-electron chi connectivity index (χ0n) is 21.4. The lowest BCUT2D eigenvalue weighted by molar-refractivity contribution is 1.46. The van der Waals surface area contributed by atoms with Crippen molar-refractivity contribution in [1.29, 1.82) is 26.3 Å². The van der Waals surface area contributed by atoms with E-state index in [0.717, 1.165) is 0 Å². The van der Waals surface area contributed by atoms with E-state index in [2.05, 4.69) is 32.7 Å². The van der Waals surface area contributed by atoms with Crippen LogP contribution in [0.25, 0.3) is 48.0 Å². The molecule has 2 aliphatic carbocycles. The van der Waals surface area contributed by atoms with Gasteiger partial charge in [0, 0.05) is 22.3 Å². The molecule has 0 heterocycles. The van der Waals surface area contributed by atoms with Crippen LogP contribution in [-0.2, 0) is 0 Å². The van der Waals surface area contributed by atoms with Crippen LogP contribution in [0.2, 0.25) is 0 Å². The minimum Gasteiger partial charge on any atom is -0.238 e. The van der Waals surface area contributed by atoms with Gasteiger partial charge in [0.1, 0.15) is 12.1 Å². The molecule has 0 bridgehead atoms. The smallest absolute Gasteiger partial charge is 0.238 e. The maximum Gasteiger partial charge on any atom is 0.270 e. The molecule has 2 aliphatic rings. The van der Waals surface area contributed by atoms with E-state index in [4.69, 9.17) is 19.7 Å². The summed E-state index contributed by atoms with van der Waals surface area (Å²) < 4.78 is 0. The van der Waals surface area contributed by atoms with Gasteiger partial charge >= 0.3 is 0 Å². The summed E-state index contributed by atoms with van der Waals surface area (Å²) in [4.78, 5) is 10.3. The molecule has 5 rings (SSSR count). The molecule has 0 aliphatic heterocycles. The first-order valence-electron chi connectivity index (χ1n) is 12.0. The van der Waals surface area contributed by atoms with E-state index in [1.807, 2.05) is 12.1 Å². The monoisotopic (exact) mass is 530 g/mol. The first-order valence-corrected chi connectivity index (χ1v) is 12.0. The van der Waals surface area contributed by atoms with Gasteiger partial charge < -0.3 is 0 Å². The maximum absolute atomic E-state index is 10.3. The summed E-state index contributed by atoms with van der Waals surface area (Å²) in [5.74, 6) is 0. The number of hydrogen-bond donors (Lipinski definition) is 0. The van der Waals surface area contributed by atoms with Crippen LogP contribution in [0.5, 0.6) is 0 Å². The molecular weight excluding hydrogens is 520 g/mol. The van der Waals surface area contributed by atoms with Crippen LogP contribution in [0.4, 0.5) is 5.69 Å². The number of nitrogens with zero attached hydrogens (tertiary/aromatic N) is 8. The summed E-state index contributed by atoms with van der Waals surface area (Å²) >= 11 is 0. The number of rotatable bonds is 2. The zero-order valence-corrected chi connectivity index (χ0v) is 21.4. The van der Waals surface area contributed by atoms with Crippen molar-refractivity contribution in [3.8, 4) is 30.3 Å². The molecule has 0 saturated heterocycles. The van der Waals surface area contributed by atoms with Gasteiger partial charge in [-0.05, 0) is 63.7 Å². The van der Waals surface area contributed by atoms with Crippen molar-refractivity contribution in [2.45, 2.75) is 0 Å². The Bertz CT molecular complexity index is 2080. The van der Waals surface area contributed by atoms with Gasteiger partial charge in [0.2, 0.25) is 0 Å². The predicted molar refractivity (Wildman–Crippen MR) is 153 cm³/mol. The van der Waals surface area contributed by atoms with Gasteiger partial charge in [-0.1, -0.05) is 30.3 Å². The van der Waals surface area contributed by atoms with Crippen molar-refractivity contribution in [2.75, 3.05) is 0 Å². The van der Waals surface area contributed by atoms with Gasteiger partial charge in [0.25, 0.3) is 11.4 Å². The lowest BCUT2D eigenvalue weighted by Gasteiger charge is -2.12. The molecule has 42 heavy (non-hydrogen) atoms. The summed E-state index contributed by atoms with van der Waals surface area (Å²) in [6.07, 6.45) is 0. The first-order chi connectivity index (χ1) is 20.5. The van der Waals surface area contributed by atoms with Crippen molar-refractivity contribution >= 4 is 39.1 Å². The van der Waals surface area contributed by atoms with E-state index in [1.54, 1.807) is 60.7 Å². The molecule has 3 aromatic carbocycles. The molecule has 3 aromatic rings. The predicted octanol–water partition coefficient (Wildman–Crippen LogP) is 7.31. The maximum atomic E-state index is 10.3. The summed E-state index contributed by atoms with van der Waals surface area (Å²) in [5.41, 5.74) is 3.65. The molecule has 0 unspecified atom stereocenters. The van der Waals surface area contributed by atoms with Crippen LogP contribution >= 0.6 is 0 Å². The van der Waals surface area contributed by atoms with Crippen LogP contribution < -0.4 is 0 Å². The second-order valence-corrected chi connectivity index (χ2v) is 8.92. The number of benzene rings is 3. The lowest BCUT2D eigenvalue weighted by Crippen LogP contribution is -1.95. The highest BCUT2D eigenvalue weighted by atomic mass is 14.7. The Labute approximate surface area is 240 Å². The van der Waals surface area contributed by atoms with Crippen molar-refractivity contribution in [2.24, 2.45) is 0 Å². The zero-order chi connectivity index (χ0) is 30.0. The highest BCUT2D eigenvalue weighted by Gasteiger charge is 2.36. The Morgan fingerprint density at radius 1 is 0.571 bits per heavy atom. The SMILES string of the molecule is [C-]#[N+]/C(C#N)=C1\C(c2cccc([N+]#[C-])c2)=C(C#N)c2cc3c(cc21)/C(=C(/C#N)[N+]#[C-])C(c1cccc(C#N)c1)=C3C#N. The number of allylic oxidation sites excluding steroid dienone is 8. The summed E-state index contributed by atoms with van der Waals surface area (Å²) in [6, 6.07) is 26.4. The van der Waals surface area contributed by atoms with Gasteiger partial charge in [-0.3, -0.25) is 0 Å². The molecule has 0 saturated carbocycles. The van der Waals surface area contributed by atoms with Crippen LogP contribution in [-0.4, -0.2) is 0 Å². The average molecular weight is 531 g/mol. The summed E-state index contributed by atoms with van der Waals surface area (Å²) in [6.45, 7) is 22.8. The standard InChI is InChI=1S/C34H10N8/c1-40-22-9-5-8-21(11-22)32-28(16-37)24-12-23-25(13-26(24)34(32)30(18-39)42-3)33(29(17-38)41-2)31(27(23)15-36)20-7-4-6-19(10-20)14-35/h4-13H/b33-29+,34-30-. The van der Waals surface area contributed by atoms with Crippen molar-refractivity contribution in [3.05, 3.63) is 145 Å². The van der Waals surface area contributed by atoms with Gasteiger partial charge in [-0.2, -0.15) is 15.8 Å². The number of nitriles is 5. The molecule has 0 amide bonds. The third-order valence-corrected chi connectivity index (χ3v) is 6.91. The Morgan fingerprint density at radius 3 is 1.52 bits per heavy atom. The summed E-state index contributed by atoms with van der Waals surface area (Å²) in [7, 11) is 0. The Hall–Kier alpha value is -7.46. The third-order valence-electron chi connectivity index (χ3n) is 6.91. The van der Waals surface area contributed by atoms with E-state index in [0.29, 0.717) is 55.8 Å². The lowest BCUT2D eigenvalue weighted by atomic mass is 9.91. The molecule has 0 fully saturated rings. The fourth-order valence-electron chi connectivity index (χ4n) is 5.27. The molecular formula is C34H10N8. The van der Waals surface area contributed by atoms with E-state index in [-0.39, 0.29) is 33.7 Å². The number of fused-ring (bicyclic) bond motifs is 2. The fourth-order valence-corrected chi connectivity index (χ4v) is 5.27. The topological polar surface area (TPSA) is 132 Å². The molecule has 0 aromatic heterocycles. The fraction of sp³-hybridized carbons (Fsp3) is 0. The van der Waals surface area contributed by atoms with Gasteiger partial charge in [-0.25, -0.2) is 25.1 Å². The second-order valence-electron chi connectivity index (χ2n) is 8.92. The van der Waals surface area contributed by atoms with E-state index >= 15 is 0 Å². The minimum atomic E-state index is -0.286. The normalized spacial score (nSPS) is 14.9. The highest BCUT2D eigenvalue weighted by molar-refractivity contribution is 6.29. The van der Waals surface area contributed by atoms with Crippen molar-refractivity contribution in [3.63, 3.8) is 0 Å². The van der Waals surface area contributed by atoms with E-state index in [1.165, 1.54) is 0 Å². The largest absolute Gasteiger partial charge is 0.270 e. The third kappa shape index (κ3) is 3.78. The molecule has 8 nitrogen and oxygen atoms in total. The molecule has 0 spiro atoms. The molecule has 0 atom stereocenters. The van der Waals surface area contributed by atoms with Crippen LogP contribution in [0.3, 0.4) is 0 Å². The van der Waals surface area contributed by atoms with Crippen molar-refractivity contribution in [1.82, 2.24) is 0 Å². The molecule has 8 heteroatoms. The highest BCUT2D eigenvalue weighted by Crippen LogP contribution is 2.54. The number of hydrogen-bond acceptors (Lipinski definition) is 5. The summed E-state index contributed by atoms with van der Waals surface area (Å²) in [5, 5.41) is 50.0. The Balaban J connectivity index is 1.94. The van der Waals surface area contributed by atoms with E-state index < -0.39 is 0 Å². The van der Waals surface area contributed by atoms with Gasteiger partial charge in [0.15, 0.2) is 5.69 Å². The first kappa shape index (κ1) is 26.2. The Kier molecular flexibility index (Phi) is 6.45. The molecule has 0 N–H and O–H groups in total. The second kappa shape index (κ2) is 10.4. The van der Waals surface area contributed by atoms with Gasteiger partial charge in [0.05, 0.1) is 54.6 Å². The minimum absolute atomic E-state index is 0.145. The molecule has 186 valence electrons. The Morgan fingerprint density at radius 2 is 1.07 bits per heavy atom. The van der Waals surface area contributed by atoms with Crippen LogP contribution in [0.1, 0.15) is 38.9 Å². The quantitative estimate of drug-likeness (QED) is 0.253. The van der Waals surface area contributed by atoms with E-state index in [9.17, 15) is 26.3 Å². The van der Waals surface area contributed by atoms with Crippen molar-refractivity contribution < 1.29 is 0 Å². The average Bonchev–Trinajstić information content (AvgIpc) is 3.53.